The average Bonchev–Trinajstić information content (AvgIpc) is 3.02. The van der Waals surface area contributed by atoms with Gasteiger partial charge in [0, 0.05) is 38.9 Å². The molecule has 28 heavy (non-hydrogen) atoms. The third-order valence-electron chi connectivity index (χ3n) is 4.86. The zero-order chi connectivity index (χ0) is 19.3. The molecule has 3 aromatic rings. The molecule has 0 atom stereocenters. The normalized spacial score (nSPS) is 15.4. The maximum absolute atomic E-state index is 6.54. The molecule has 0 spiro atoms. The molecule has 4 rings (SSSR count). The average molecular weight is 395 g/mol. The van der Waals surface area contributed by atoms with Crippen LogP contribution in [-0.2, 0) is 6.54 Å². The lowest BCUT2D eigenvalue weighted by molar-refractivity contribution is 0.131. The third-order valence-corrected chi connectivity index (χ3v) is 5.23. The highest BCUT2D eigenvalue weighted by molar-refractivity contribution is 6.32. The van der Waals surface area contributed by atoms with Gasteiger partial charge in [-0.1, -0.05) is 48.0 Å². The number of aryl methyl sites for hydroxylation is 1. The molecule has 0 saturated carbocycles. The number of rotatable bonds is 5. The van der Waals surface area contributed by atoms with Crippen LogP contribution in [0.25, 0.3) is 5.82 Å². The second-order valence-electron chi connectivity index (χ2n) is 6.85. The molecule has 0 aliphatic carbocycles. The Kier molecular flexibility index (Phi) is 5.69. The van der Waals surface area contributed by atoms with Crippen molar-refractivity contribution in [2.75, 3.05) is 26.2 Å². The summed E-state index contributed by atoms with van der Waals surface area (Å²) in [6.07, 6.45) is 3.54. The highest BCUT2D eigenvalue weighted by atomic mass is 35.5. The van der Waals surface area contributed by atoms with Gasteiger partial charge in [0.15, 0.2) is 5.82 Å². The lowest BCUT2D eigenvalue weighted by Crippen LogP contribution is -2.43. The number of benzene rings is 1. The van der Waals surface area contributed by atoms with Crippen LogP contribution in [0.15, 0.2) is 59.8 Å². The first kappa shape index (κ1) is 18.7. The van der Waals surface area contributed by atoms with Gasteiger partial charge in [-0.25, -0.2) is 9.67 Å². The van der Waals surface area contributed by atoms with Gasteiger partial charge < -0.3 is 0 Å². The van der Waals surface area contributed by atoms with Crippen LogP contribution in [0.5, 0.6) is 0 Å². The van der Waals surface area contributed by atoms with Gasteiger partial charge in [-0.05, 0) is 24.6 Å². The van der Waals surface area contributed by atoms with E-state index >= 15 is 0 Å². The maximum Gasteiger partial charge on any atom is 0.155 e. The fourth-order valence-electron chi connectivity index (χ4n) is 3.28. The first-order valence-electron chi connectivity index (χ1n) is 9.42. The number of pyridine rings is 1. The number of hydrazone groups is 1. The Labute approximate surface area is 170 Å². The quantitative estimate of drug-likeness (QED) is 0.622. The van der Waals surface area contributed by atoms with Gasteiger partial charge in [0.2, 0.25) is 0 Å². The Morgan fingerprint density at radius 3 is 2.50 bits per heavy atom. The van der Waals surface area contributed by atoms with Crippen molar-refractivity contribution in [2.45, 2.75) is 13.5 Å². The zero-order valence-electron chi connectivity index (χ0n) is 15.9. The molecule has 7 heteroatoms. The van der Waals surface area contributed by atoms with E-state index in [-0.39, 0.29) is 0 Å². The minimum Gasteiger partial charge on any atom is -0.295 e. The molecule has 1 fully saturated rings. The molecule has 0 radical (unpaired) electrons. The predicted octanol–water partition coefficient (Wildman–Crippen LogP) is 3.38. The van der Waals surface area contributed by atoms with Gasteiger partial charge in [0.1, 0.15) is 5.15 Å². The van der Waals surface area contributed by atoms with Crippen molar-refractivity contribution >= 4 is 17.8 Å². The first-order chi connectivity index (χ1) is 13.7. The number of piperazine rings is 1. The van der Waals surface area contributed by atoms with Crippen molar-refractivity contribution in [3.63, 3.8) is 0 Å². The monoisotopic (exact) mass is 394 g/mol. The Balaban J connectivity index is 1.38. The fourth-order valence-corrected chi connectivity index (χ4v) is 3.59. The van der Waals surface area contributed by atoms with Gasteiger partial charge in [-0.3, -0.25) is 9.91 Å². The summed E-state index contributed by atoms with van der Waals surface area (Å²) >= 11 is 6.54. The van der Waals surface area contributed by atoms with Gasteiger partial charge in [0.05, 0.1) is 17.5 Å². The molecule has 1 aliphatic heterocycles. The molecule has 1 saturated heterocycles. The molecular weight excluding hydrogens is 372 g/mol. The molecule has 1 aliphatic rings. The lowest BCUT2D eigenvalue weighted by Gasteiger charge is -2.33. The molecule has 144 valence electrons. The second-order valence-corrected chi connectivity index (χ2v) is 7.21. The summed E-state index contributed by atoms with van der Waals surface area (Å²) in [7, 11) is 0. The van der Waals surface area contributed by atoms with Crippen LogP contribution < -0.4 is 0 Å². The van der Waals surface area contributed by atoms with Crippen LogP contribution in [0.4, 0.5) is 0 Å². The molecule has 0 bridgehead atoms. The van der Waals surface area contributed by atoms with Crippen LogP contribution in [-0.4, -0.2) is 57.1 Å². The predicted molar refractivity (Wildman–Crippen MR) is 112 cm³/mol. The van der Waals surface area contributed by atoms with E-state index in [1.165, 1.54) is 5.56 Å². The summed E-state index contributed by atoms with van der Waals surface area (Å²) in [5.74, 6) is 0.699. The molecule has 6 nitrogen and oxygen atoms in total. The third kappa shape index (κ3) is 4.24. The topological polar surface area (TPSA) is 49.6 Å². The van der Waals surface area contributed by atoms with Gasteiger partial charge in [0.25, 0.3) is 0 Å². The Morgan fingerprint density at radius 2 is 1.79 bits per heavy atom. The van der Waals surface area contributed by atoms with Gasteiger partial charge in [-0.15, -0.1) is 0 Å². The Bertz CT molecular complexity index is 930. The standard InChI is InChI=1S/C21H23ClN6/c1-17-19(21(22)28(25-17)20-9-5-6-10-23-20)15-24-27-13-11-26(12-14-27)16-18-7-3-2-4-8-18/h2-10,15H,11-14,16H2,1H3/b24-15+. The molecule has 0 N–H and O–H groups in total. The van der Waals surface area contributed by atoms with Crippen LogP contribution in [0.1, 0.15) is 16.8 Å². The van der Waals surface area contributed by atoms with Gasteiger partial charge in [-0.2, -0.15) is 10.2 Å². The SMILES string of the molecule is Cc1nn(-c2ccccn2)c(Cl)c1/C=N/N1CCN(Cc2ccccc2)CC1. The second kappa shape index (κ2) is 8.54. The van der Waals surface area contributed by atoms with Crippen molar-refractivity contribution in [2.24, 2.45) is 5.10 Å². The molecule has 2 aromatic heterocycles. The summed E-state index contributed by atoms with van der Waals surface area (Å²) in [5, 5.41) is 11.8. The lowest BCUT2D eigenvalue weighted by atomic mass is 10.2. The van der Waals surface area contributed by atoms with Crippen LogP contribution in [0.3, 0.4) is 0 Å². The van der Waals surface area contributed by atoms with Crippen LogP contribution in [0.2, 0.25) is 5.15 Å². The van der Waals surface area contributed by atoms with E-state index in [4.69, 9.17) is 11.6 Å². The Morgan fingerprint density at radius 1 is 1.04 bits per heavy atom. The van der Waals surface area contributed by atoms with E-state index in [2.05, 4.69) is 55.4 Å². The van der Waals surface area contributed by atoms with E-state index in [9.17, 15) is 0 Å². The number of halogens is 1. The highest BCUT2D eigenvalue weighted by Crippen LogP contribution is 2.21. The van der Waals surface area contributed by atoms with Crippen molar-refractivity contribution in [3.05, 3.63) is 76.7 Å². The molecule has 1 aromatic carbocycles. The molecule has 0 unspecified atom stereocenters. The first-order valence-corrected chi connectivity index (χ1v) is 9.80. The largest absolute Gasteiger partial charge is 0.295 e. The van der Waals surface area contributed by atoms with Gasteiger partial charge >= 0.3 is 0 Å². The maximum atomic E-state index is 6.54. The van der Waals surface area contributed by atoms with E-state index in [1.807, 2.05) is 31.3 Å². The molecular formula is C21H23ClN6. The number of hydrogen-bond acceptors (Lipinski definition) is 5. The minimum atomic E-state index is 0.530. The van der Waals surface area contributed by atoms with Crippen molar-refractivity contribution in [3.8, 4) is 5.82 Å². The van der Waals surface area contributed by atoms with Crippen molar-refractivity contribution in [1.82, 2.24) is 24.7 Å². The summed E-state index contributed by atoms with van der Waals surface area (Å²) in [5.41, 5.74) is 3.02. The molecule has 0 amide bonds. The zero-order valence-corrected chi connectivity index (χ0v) is 16.6. The van der Waals surface area contributed by atoms with Crippen LogP contribution in [0, 0.1) is 6.92 Å². The van der Waals surface area contributed by atoms with E-state index in [0.29, 0.717) is 11.0 Å². The summed E-state index contributed by atoms with van der Waals surface area (Å²) < 4.78 is 1.65. The number of aromatic nitrogens is 3. The molecule has 3 heterocycles. The minimum absolute atomic E-state index is 0.530. The summed E-state index contributed by atoms with van der Waals surface area (Å²) in [4.78, 5) is 6.77. The van der Waals surface area contributed by atoms with Crippen molar-refractivity contribution in [1.29, 1.82) is 0 Å². The number of nitrogens with zero attached hydrogens (tertiary/aromatic N) is 6. The number of hydrogen-bond donors (Lipinski definition) is 0. The van der Waals surface area contributed by atoms with Crippen LogP contribution >= 0.6 is 11.6 Å². The Hall–Kier alpha value is -2.70. The highest BCUT2D eigenvalue weighted by Gasteiger charge is 2.17. The van der Waals surface area contributed by atoms with E-state index < -0.39 is 0 Å². The fraction of sp³-hybridized carbons (Fsp3) is 0.286. The summed E-state index contributed by atoms with van der Waals surface area (Å²) in [6.45, 7) is 6.70. The van der Waals surface area contributed by atoms with E-state index in [1.54, 1.807) is 10.9 Å². The van der Waals surface area contributed by atoms with E-state index in [0.717, 1.165) is 44.0 Å². The van der Waals surface area contributed by atoms with Crippen molar-refractivity contribution < 1.29 is 0 Å². The summed E-state index contributed by atoms with van der Waals surface area (Å²) in [6, 6.07) is 16.2. The smallest absolute Gasteiger partial charge is 0.155 e.